The molecule has 0 radical (unpaired) electrons. The molecule has 0 aliphatic carbocycles. The van der Waals surface area contributed by atoms with E-state index in [1.165, 1.54) is 18.2 Å². The third kappa shape index (κ3) is 4.29. The lowest BCUT2D eigenvalue weighted by Gasteiger charge is -2.14. The van der Waals surface area contributed by atoms with Gasteiger partial charge in [-0.05, 0) is 35.8 Å². The number of amides is 1. The molecule has 0 saturated heterocycles. The monoisotopic (exact) mass is 330 g/mol. The summed E-state index contributed by atoms with van der Waals surface area (Å²) >= 11 is 3.09. The van der Waals surface area contributed by atoms with Gasteiger partial charge < -0.3 is 10.1 Å². The van der Waals surface area contributed by atoms with E-state index in [9.17, 15) is 14.9 Å². The van der Waals surface area contributed by atoms with E-state index < -0.39 is 4.92 Å². The van der Waals surface area contributed by atoms with Crippen LogP contribution in [-0.4, -0.2) is 30.1 Å². The summed E-state index contributed by atoms with van der Waals surface area (Å²) in [5, 5.41) is 13.5. The summed E-state index contributed by atoms with van der Waals surface area (Å²) < 4.78 is 5.37. The van der Waals surface area contributed by atoms with Crippen LogP contribution in [0.2, 0.25) is 0 Å². The number of nitrogens with zero attached hydrogens (tertiary/aromatic N) is 1. The Bertz CT molecular complexity index is 479. The number of ether oxygens (including phenoxy) is 1. The first-order chi connectivity index (χ1) is 8.97. The summed E-state index contributed by atoms with van der Waals surface area (Å²) in [5.41, 5.74) is 0.0997. The molecule has 1 amide bonds. The predicted molar refractivity (Wildman–Crippen MR) is 74.2 cm³/mol. The first-order valence-corrected chi connectivity index (χ1v) is 6.58. The molecule has 0 bridgehead atoms. The molecule has 1 rings (SSSR count). The molecule has 1 N–H and O–H groups in total. The lowest BCUT2D eigenvalue weighted by atomic mass is 10.2. The van der Waals surface area contributed by atoms with Gasteiger partial charge in [-0.2, -0.15) is 0 Å². The number of hydrogen-bond acceptors (Lipinski definition) is 4. The van der Waals surface area contributed by atoms with Crippen molar-refractivity contribution >= 4 is 27.5 Å². The zero-order valence-electron chi connectivity index (χ0n) is 10.7. The number of hydrogen-bond donors (Lipinski definition) is 1. The largest absolute Gasteiger partial charge is 0.380 e. The zero-order chi connectivity index (χ0) is 14.4. The van der Waals surface area contributed by atoms with Crippen LogP contribution in [0.4, 0.5) is 5.69 Å². The minimum absolute atomic E-state index is 0.134. The van der Waals surface area contributed by atoms with Gasteiger partial charge in [-0.1, -0.05) is 6.07 Å². The van der Waals surface area contributed by atoms with Crippen molar-refractivity contribution in [2.45, 2.75) is 19.9 Å². The van der Waals surface area contributed by atoms with Crippen LogP contribution < -0.4 is 5.32 Å². The first-order valence-electron chi connectivity index (χ1n) is 5.78. The maximum atomic E-state index is 12.0. The van der Waals surface area contributed by atoms with Crippen LogP contribution in [0.1, 0.15) is 24.2 Å². The lowest BCUT2D eigenvalue weighted by molar-refractivity contribution is -0.385. The Kier molecular flexibility index (Phi) is 5.91. The topological polar surface area (TPSA) is 81.5 Å². The third-order valence-electron chi connectivity index (χ3n) is 2.37. The van der Waals surface area contributed by atoms with E-state index in [1.54, 1.807) is 6.92 Å². The maximum Gasteiger partial charge on any atom is 0.284 e. The number of carbonyl (C=O) groups is 1. The molecule has 0 aromatic heterocycles. The van der Waals surface area contributed by atoms with E-state index in [-0.39, 0.29) is 27.7 Å². The minimum atomic E-state index is -0.537. The summed E-state index contributed by atoms with van der Waals surface area (Å²) in [7, 11) is 0. The number of nitro groups is 1. The Labute approximate surface area is 119 Å². The van der Waals surface area contributed by atoms with Gasteiger partial charge in [0.15, 0.2) is 0 Å². The van der Waals surface area contributed by atoms with Crippen LogP contribution in [0.15, 0.2) is 22.7 Å². The smallest absolute Gasteiger partial charge is 0.284 e. The van der Waals surface area contributed by atoms with Gasteiger partial charge >= 0.3 is 0 Å². The zero-order valence-corrected chi connectivity index (χ0v) is 12.3. The van der Waals surface area contributed by atoms with Gasteiger partial charge in [0.2, 0.25) is 0 Å². The van der Waals surface area contributed by atoms with Crippen LogP contribution in [0.3, 0.4) is 0 Å². The van der Waals surface area contributed by atoms with Gasteiger partial charge in [0.05, 0.1) is 17.1 Å². The Hall–Kier alpha value is -1.47. The standard InChI is InChI=1S/C12H15BrN2O4/c1-3-19-7-8(2)14-12(16)9-5-4-6-10(11(9)13)15(17)18/h4-6,8H,3,7H2,1-2H3,(H,14,16). The number of nitro benzene ring substituents is 1. The lowest BCUT2D eigenvalue weighted by Crippen LogP contribution is -2.36. The van der Waals surface area contributed by atoms with Gasteiger partial charge in [0, 0.05) is 18.7 Å². The number of benzene rings is 1. The molecule has 0 heterocycles. The van der Waals surface area contributed by atoms with E-state index in [4.69, 9.17) is 4.74 Å². The van der Waals surface area contributed by atoms with Crippen LogP contribution in [0, 0.1) is 10.1 Å². The fraction of sp³-hybridized carbons (Fsp3) is 0.417. The van der Waals surface area contributed by atoms with Crippen molar-refractivity contribution in [1.82, 2.24) is 5.32 Å². The van der Waals surface area contributed by atoms with Crippen molar-refractivity contribution < 1.29 is 14.5 Å². The molecule has 0 aliphatic rings. The van der Waals surface area contributed by atoms with Crippen molar-refractivity contribution in [2.75, 3.05) is 13.2 Å². The number of rotatable bonds is 6. The SMILES string of the molecule is CCOCC(C)NC(=O)c1cccc([N+](=O)[O-])c1Br. The van der Waals surface area contributed by atoms with Gasteiger partial charge in [-0.3, -0.25) is 14.9 Å². The highest BCUT2D eigenvalue weighted by Gasteiger charge is 2.20. The molecule has 0 aliphatic heterocycles. The molecule has 1 aromatic carbocycles. The second-order valence-corrected chi connectivity index (χ2v) is 4.72. The Morgan fingerprint density at radius 3 is 2.84 bits per heavy atom. The highest BCUT2D eigenvalue weighted by Crippen LogP contribution is 2.28. The van der Waals surface area contributed by atoms with Crippen molar-refractivity contribution in [3.8, 4) is 0 Å². The average Bonchev–Trinajstić information content (AvgIpc) is 2.36. The summed E-state index contributed by atoms with van der Waals surface area (Å²) in [6.45, 7) is 4.64. The van der Waals surface area contributed by atoms with Crippen LogP contribution in [0.25, 0.3) is 0 Å². The van der Waals surface area contributed by atoms with E-state index in [1.807, 2.05) is 6.92 Å². The number of halogens is 1. The molecule has 104 valence electrons. The van der Waals surface area contributed by atoms with E-state index >= 15 is 0 Å². The summed E-state index contributed by atoms with van der Waals surface area (Å²) in [4.78, 5) is 22.2. The second-order valence-electron chi connectivity index (χ2n) is 3.93. The van der Waals surface area contributed by atoms with Crippen molar-refractivity contribution in [3.05, 3.63) is 38.3 Å². The quantitative estimate of drug-likeness (QED) is 0.641. The summed E-state index contributed by atoms with van der Waals surface area (Å²) in [6, 6.07) is 4.17. The van der Waals surface area contributed by atoms with Crippen molar-refractivity contribution in [3.63, 3.8) is 0 Å². The van der Waals surface area contributed by atoms with Crippen molar-refractivity contribution in [1.29, 1.82) is 0 Å². The van der Waals surface area contributed by atoms with Crippen molar-refractivity contribution in [2.24, 2.45) is 0 Å². The molecule has 1 aromatic rings. The Morgan fingerprint density at radius 2 is 2.26 bits per heavy atom. The molecule has 0 spiro atoms. The van der Waals surface area contributed by atoms with Gasteiger partial charge in [-0.15, -0.1) is 0 Å². The van der Waals surface area contributed by atoms with Crippen LogP contribution in [-0.2, 0) is 4.74 Å². The number of carbonyl (C=O) groups excluding carboxylic acids is 1. The third-order valence-corrected chi connectivity index (χ3v) is 3.20. The highest BCUT2D eigenvalue weighted by atomic mass is 79.9. The molecular formula is C12H15BrN2O4. The molecule has 1 atom stereocenters. The second kappa shape index (κ2) is 7.20. The fourth-order valence-corrected chi connectivity index (χ4v) is 2.06. The molecule has 0 fully saturated rings. The molecule has 6 nitrogen and oxygen atoms in total. The molecule has 7 heteroatoms. The molecule has 1 unspecified atom stereocenters. The number of nitrogens with one attached hydrogen (secondary N) is 1. The van der Waals surface area contributed by atoms with E-state index in [2.05, 4.69) is 21.2 Å². The predicted octanol–water partition coefficient (Wildman–Crippen LogP) is 2.51. The first kappa shape index (κ1) is 15.6. The normalized spacial score (nSPS) is 11.9. The molecular weight excluding hydrogens is 316 g/mol. The molecule has 0 saturated carbocycles. The van der Waals surface area contributed by atoms with Gasteiger partial charge in [0.25, 0.3) is 11.6 Å². The average molecular weight is 331 g/mol. The van der Waals surface area contributed by atoms with E-state index in [0.717, 1.165) is 0 Å². The van der Waals surface area contributed by atoms with E-state index in [0.29, 0.717) is 13.2 Å². The van der Waals surface area contributed by atoms with Gasteiger partial charge in [-0.25, -0.2) is 0 Å². The van der Waals surface area contributed by atoms with Crippen LogP contribution in [0.5, 0.6) is 0 Å². The summed E-state index contributed by atoms with van der Waals surface area (Å²) in [6.07, 6.45) is 0. The van der Waals surface area contributed by atoms with Crippen LogP contribution >= 0.6 is 15.9 Å². The summed E-state index contributed by atoms with van der Waals surface area (Å²) in [5.74, 6) is -0.372. The minimum Gasteiger partial charge on any atom is -0.380 e. The molecule has 19 heavy (non-hydrogen) atoms. The maximum absolute atomic E-state index is 12.0. The van der Waals surface area contributed by atoms with Gasteiger partial charge in [0.1, 0.15) is 4.47 Å². The highest BCUT2D eigenvalue weighted by molar-refractivity contribution is 9.10. The Balaban J connectivity index is 2.83. The fourth-order valence-electron chi connectivity index (χ4n) is 1.47. The Morgan fingerprint density at radius 1 is 1.58 bits per heavy atom.